The van der Waals surface area contributed by atoms with E-state index in [0.29, 0.717) is 12.0 Å². The van der Waals surface area contributed by atoms with Crippen molar-refractivity contribution < 1.29 is 4.79 Å². The SMILES string of the molecule is C[B]c1ccnc(N2CCn3c(cc4c3CC(C)(C)C4)C2=O)c1C. The normalized spacial score (nSPS) is 18.5. The summed E-state index contributed by atoms with van der Waals surface area (Å²) in [5.74, 6) is 0.876. The zero-order chi connectivity index (χ0) is 17.1. The summed E-state index contributed by atoms with van der Waals surface area (Å²) in [6.45, 7) is 10.2. The van der Waals surface area contributed by atoms with Crippen molar-refractivity contribution in [3.05, 3.63) is 40.8 Å². The molecule has 4 nitrogen and oxygen atoms in total. The molecule has 1 aliphatic carbocycles. The molecule has 1 amide bonds. The zero-order valence-electron chi connectivity index (χ0n) is 14.9. The third kappa shape index (κ3) is 2.21. The Morgan fingerprint density at radius 1 is 1.25 bits per heavy atom. The summed E-state index contributed by atoms with van der Waals surface area (Å²) in [5.41, 5.74) is 6.07. The fourth-order valence-electron chi connectivity index (χ4n) is 4.24. The Kier molecular flexibility index (Phi) is 3.38. The largest absolute Gasteiger partial charge is 0.339 e. The molecule has 2 aliphatic rings. The Morgan fingerprint density at radius 3 is 2.79 bits per heavy atom. The van der Waals surface area contributed by atoms with Gasteiger partial charge < -0.3 is 4.57 Å². The number of hydrogen-bond donors (Lipinski definition) is 0. The summed E-state index contributed by atoms with van der Waals surface area (Å²) < 4.78 is 2.24. The second-order valence-electron chi connectivity index (χ2n) is 7.77. The maximum Gasteiger partial charge on any atom is 0.276 e. The van der Waals surface area contributed by atoms with E-state index in [-0.39, 0.29) is 5.91 Å². The summed E-state index contributed by atoms with van der Waals surface area (Å²) >= 11 is 0. The average molecular weight is 320 g/mol. The Hall–Kier alpha value is -2.04. The van der Waals surface area contributed by atoms with E-state index in [1.54, 1.807) is 6.20 Å². The van der Waals surface area contributed by atoms with Crippen molar-refractivity contribution in [2.75, 3.05) is 11.4 Å². The molecule has 0 atom stereocenters. The Bertz CT molecular complexity index is 837. The molecule has 0 spiro atoms. The van der Waals surface area contributed by atoms with E-state index in [1.807, 2.05) is 24.7 Å². The summed E-state index contributed by atoms with van der Waals surface area (Å²) in [4.78, 5) is 19.4. The molecule has 0 bridgehead atoms. The van der Waals surface area contributed by atoms with Crippen molar-refractivity contribution in [1.82, 2.24) is 9.55 Å². The van der Waals surface area contributed by atoms with Crippen molar-refractivity contribution in [3.8, 4) is 0 Å². The Morgan fingerprint density at radius 2 is 2.04 bits per heavy atom. The maximum absolute atomic E-state index is 13.1. The highest BCUT2D eigenvalue weighted by atomic mass is 16.2. The average Bonchev–Trinajstić information content (AvgIpc) is 3.01. The lowest BCUT2D eigenvalue weighted by molar-refractivity contribution is 0.0963. The highest BCUT2D eigenvalue weighted by Crippen LogP contribution is 2.39. The summed E-state index contributed by atoms with van der Waals surface area (Å²) in [6.07, 6.45) is 3.92. The number of nitrogens with zero attached hydrogens (tertiary/aromatic N) is 3. The molecule has 0 saturated heterocycles. The Labute approximate surface area is 144 Å². The lowest BCUT2D eigenvalue weighted by Gasteiger charge is -2.30. The van der Waals surface area contributed by atoms with E-state index in [0.717, 1.165) is 41.9 Å². The first kappa shape index (κ1) is 15.5. The van der Waals surface area contributed by atoms with Crippen LogP contribution in [0.3, 0.4) is 0 Å². The van der Waals surface area contributed by atoms with Crippen LogP contribution in [-0.2, 0) is 19.4 Å². The second kappa shape index (κ2) is 5.23. The van der Waals surface area contributed by atoms with E-state index in [4.69, 9.17) is 0 Å². The van der Waals surface area contributed by atoms with Crippen molar-refractivity contribution in [3.63, 3.8) is 0 Å². The summed E-state index contributed by atoms with van der Waals surface area (Å²) in [7, 11) is 2.06. The van der Waals surface area contributed by atoms with Crippen LogP contribution >= 0.6 is 0 Å². The fraction of sp³-hybridized carbons (Fsp3) is 0.474. The van der Waals surface area contributed by atoms with Gasteiger partial charge in [-0.1, -0.05) is 26.1 Å². The maximum atomic E-state index is 13.1. The van der Waals surface area contributed by atoms with Crippen LogP contribution < -0.4 is 10.4 Å². The number of rotatable bonds is 2. The molecule has 5 heteroatoms. The van der Waals surface area contributed by atoms with Crippen molar-refractivity contribution in [1.29, 1.82) is 0 Å². The first-order valence-corrected chi connectivity index (χ1v) is 8.69. The van der Waals surface area contributed by atoms with Gasteiger partial charge in [-0.15, -0.1) is 0 Å². The fourth-order valence-corrected chi connectivity index (χ4v) is 4.24. The molecule has 0 fully saturated rings. The molecule has 0 N–H and O–H groups in total. The van der Waals surface area contributed by atoms with Crippen molar-refractivity contribution in [2.45, 2.75) is 47.0 Å². The van der Waals surface area contributed by atoms with E-state index in [2.05, 4.69) is 36.7 Å². The zero-order valence-corrected chi connectivity index (χ0v) is 14.9. The summed E-state index contributed by atoms with van der Waals surface area (Å²) in [6, 6.07) is 4.11. The number of carbonyl (C=O) groups excluding carboxylic acids is 1. The highest BCUT2D eigenvalue weighted by Gasteiger charge is 2.37. The topological polar surface area (TPSA) is 38.1 Å². The molecule has 0 saturated carbocycles. The minimum absolute atomic E-state index is 0.0808. The van der Waals surface area contributed by atoms with Gasteiger partial charge in [-0.25, -0.2) is 4.98 Å². The van der Waals surface area contributed by atoms with Gasteiger partial charge in [0, 0.05) is 25.0 Å². The number of hydrogen-bond acceptors (Lipinski definition) is 2. The quantitative estimate of drug-likeness (QED) is 0.797. The standard InChI is InChI=1S/C19H23BN3O/c1-12-14(20-4)5-6-21-17(12)23-8-7-22-15(18(23)24)9-13-10-19(2,3)11-16(13)22/h5-6,9H,7-8,10-11H2,1-4H3. The highest BCUT2D eigenvalue weighted by molar-refractivity contribution is 6.52. The second-order valence-corrected chi connectivity index (χ2v) is 7.77. The molecule has 1 aliphatic heterocycles. The number of carbonyl (C=O) groups is 1. The first-order valence-electron chi connectivity index (χ1n) is 8.69. The lowest BCUT2D eigenvalue weighted by Crippen LogP contribution is -2.42. The molecule has 2 aromatic heterocycles. The van der Waals surface area contributed by atoms with Gasteiger partial charge in [-0.2, -0.15) is 0 Å². The number of aromatic nitrogens is 2. The van der Waals surface area contributed by atoms with Crippen LogP contribution in [0, 0.1) is 12.3 Å². The van der Waals surface area contributed by atoms with Crippen LogP contribution in [0.5, 0.6) is 0 Å². The molecule has 0 aromatic carbocycles. The van der Waals surface area contributed by atoms with Crippen molar-refractivity contribution in [2.24, 2.45) is 5.41 Å². The van der Waals surface area contributed by atoms with E-state index < -0.39 is 0 Å². The summed E-state index contributed by atoms with van der Waals surface area (Å²) in [5, 5.41) is 0. The van der Waals surface area contributed by atoms with E-state index in [9.17, 15) is 4.79 Å². The van der Waals surface area contributed by atoms with Crippen LogP contribution in [0.25, 0.3) is 0 Å². The Balaban J connectivity index is 1.72. The predicted molar refractivity (Wildman–Crippen MR) is 97.5 cm³/mol. The monoisotopic (exact) mass is 320 g/mol. The van der Waals surface area contributed by atoms with Gasteiger partial charge in [0.2, 0.25) is 0 Å². The third-order valence-corrected chi connectivity index (χ3v) is 5.41. The number of fused-ring (bicyclic) bond motifs is 3. The van der Waals surface area contributed by atoms with Gasteiger partial charge in [-0.05, 0) is 48.4 Å². The number of amides is 1. The number of pyridine rings is 1. The van der Waals surface area contributed by atoms with Crippen LogP contribution in [0.1, 0.15) is 41.2 Å². The minimum Gasteiger partial charge on any atom is -0.339 e. The molecule has 4 rings (SSSR count). The molecule has 3 heterocycles. The molecular formula is C19H23BN3O. The van der Waals surface area contributed by atoms with Gasteiger partial charge in [0.05, 0.1) is 0 Å². The lowest BCUT2D eigenvalue weighted by atomic mass is 9.71. The third-order valence-electron chi connectivity index (χ3n) is 5.41. The van der Waals surface area contributed by atoms with Crippen LogP contribution in [0.4, 0.5) is 5.82 Å². The van der Waals surface area contributed by atoms with Crippen LogP contribution in [0.15, 0.2) is 18.3 Å². The number of anilines is 1. The molecule has 0 unspecified atom stereocenters. The predicted octanol–water partition coefficient (Wildman–Crippen LogP) is 2.35. The van der Waals surface area contributed by atoms with Crippen molar-refractivity contribution >= 4 is 24.5 Å². The van der Waals surface area contributed by atoms with Gasteiger partial charge in [0.15, 0.2) is 0 Å². The van der Waals surface area contributed by atoms with Gasteiger partial charge in [0.25, 0.3) is 5.91 Å². The van der Waals surface area contributed by atoms with Crippen LogP contribution in [0.2, 0.25) is 6.82 Å². The molecule has 2 aromatic rings. The molecule has 1 radical (unpaired) electrons. The van der Waals surface area contributed by atoms with Crippen LogP contribution in [-0.4, -0.2) is 29.3 Å². The van der Waals surface area contributed by atoms with E-state index in [1.165, 1.54) is 11.3 Å². The van der Waals surface area contributed by atoms with Gasteiger partial charge >= 0.3 is 0 Å². The minimum atomic E-state index is 0.0808. The smallest absolute Gasteiger partial charge is 0.276 e. The molecule has 123 valence electrons. The first-order chi connectivity index (χ1) is 11.4. The molecule has 24 heavy (non-hydrogen) atoms. The van der Waals surface area contributed by atoms with Gasteiger partial charge in [0.1, 0.15) is 18.8 Å². The molecular weight excluding hydrogens is 297 g/mol. The van der Waals surface area contributed by atoms with Gasteiger partial charge in [-0.3, -0.25) is 9.69 Å². The van der Waals surface area contributed by atoms with E-state index >= 15 is 0 Å².